The van der Waals surface area contributed by atoms with Crippen LogP contribution >= 0.6 is 0 Å². The molecule has 1 aromatic heterocycles. The zero-order valence-electron chi connectivity index (χ0n) is 10.8. The fourth-order valence-electron chi connectivity index (χ4n) is 2.62. The van der Waals surface area contributed by atoms with E-state index in [1.54, 1.807) is 12.1 Å². The van der Waals surface area contributed by atoms with Crippen molar-refractivity contribution < 1.29 is 31.6 Å². The minimum atomic E-state index is 0. The average Bonchev–Trinajstić information content (AvgIpc) is 2.84. The normalized spacial score (nSPS) is 12.7. The van der Waals surface area contributed by atoms with Crippen molar-refractivity contribution in [3.63, 3.8) is 0 Å². The summed E-state index contributed by atoms with van der Waals surface area (Å²) in [6.07, 6.45) is 2.05. The summed E-state index contributed by atoms with van der Waals surface area (Å²) in [6, 6.07) is 9.33. The SMILES string of the molecule is C[n+]1cc2cc3c(cc2c2cc(O)ccc21)OCO3.[Cl-]. The van der Waals surface area contributed by atoms with Gasteiger partial charge in [-0.1, -0.05) is 0 Å². The molecule has 0 unspecified atom stereocenters. The maximum absolute atomic E-state index is 9.71. The number of rotatable bonds is 0. The van der Waals surface area contributed by atoms with Crippen LogP contribution in [0.2, 0.25) is 0 Å². The number of nitrogens with zero attached hydrogens (tertiary/aromatic N) is 1. The van der Waals surface area contributed by atoms with Gasteiger partial charge in [0, 0.05) is 11.5 Å². The number of benzene rings is 2. The molecule has 0 saturated heterocycles. The van der Waals surface area contributed by atoms with Gasteiger partial charge in [0.25, 0.3) is 0 Å². The van der Waals surface area contributed by atoms with Crippen LogP contribution in [0.4, 0.5) is 0 Å². The highest BCUT2D eigenvalue weighted by molar-refractivity contribution is 6.05. The Bertz CT molecular complexity index is 832. The van der Waals surface area contributed by atoms with E-state index in [0.29, 0.717) is 0 Å². The van der Waals surface area contributed by atoms with E-state index in [4.69, 9.17) is 9.47 Å². The van der Waals surface area contributed by atoms with Crippen molar-refractivity contribution >= 4 is 21.7 Å². The highest BCUT2D eigenvalue weighted by Gasteiger charge is 2.18. The number of hydrogen-bond acceptors (Lipinski definition) is 3. The van der Waals surface area contributed by atoms with Crippen LogP contribution in [0.25, 0.3) is 21.7 Å². The Hall–Kier alpha value is -2.20. The van der Waals surface area contributed by atoms with Crippen molar-refractivity contribution in [1.82, 2.24) is 0 Å². The molecule has 0 saturated carbocycles. The highest BCUT2D eigenvalue weighted by Crippen LogP contribution is 2.38. The molecule has 102 valence electrons. The highest BCUT2D eigenvalue weighted by atomic mass is 35.5. The molecule has 0 fully saturated rings. The molecule has 3 aromatic rings. The zero-order chi connectivity index (χ0) is 13.0. The van der Waals surface area contributed by atoms with Crippen molar-refractivity contribution in [1.29, 1.82) is 0 Å². The molecule has 2 aromatic carbocycles. The molecule has 0 radical (unpaired) electrons. The zero-order valence-corrected chi connectivity index (χ0v) is 11.5. The Kier molecular flexibility index (Phi) is 2.83. The van der Waals surface area contributed by atoms with Gasteiger partial charge in [-0.15, -0.1) is 0 Å². The monoisotopic (exact) mass is 289 g/mol. The second-order valence-corrected chi connectivity index (χ2v) is 4.73. The Morgan fingerprint density at radius 3 is 2.60 bits per heavy atom. The van der Waals surface area contributed by atoms with Gasteiger partial charge in [-0.05, 0) is 24.3 Å². The molecular formula is C15H12ClNO3. The van der Waals surface area contributed by atoms with Crippen molar-refractivity contribution in [3.05, 3.63) is 36.5 Å². The smallest absolute Gasteiger partial charge is 0.231 e. The summed E-state index contributed by atoms with van der Waals surface area (Å²) in [4.78, 5) is 0. The second kappa shape index (κ2) is 4.42. The largest absolute Gasteiger partial charge is 1.00 e. The number of aromatic hydroxyl groups is 1. The van der Waals surface area contributed by atoms with Gasteiger partial charge in [-0.3, -0.25) is 0 Å². The lowest BCUT2D eigenvalue weighted by Crippen LogP contribution is -3.00. The Morgan fingerprint density at radius 2 is 1.80 bits per heavy atom. The van der Waals surface area contributed by atoms with Crippen LogP contribution in [0.15, 0.2) is 36.5 Å². The summed E-state index contributed by atoms with van der Waals surface area (Å²) in [5.41, 5.74) is 1.06. The van der Waals surface area contributed by atoms with Crippen LogP contribution in [0.1, 0.15) is 0 Å². The van der Waals surface area contributed by atoms with Crippen LogP contribution in [0.5, 0.6) is 17.2 Å². The van der Waals surface area contributed by atoms with Crippen molar-refractivity contribution in [2.75, 3.05) is 6.79 Å². The number of phenols is 1. The molecular weight excluding hydrogens is 278 g/mol. The van der Waals surface area contributed by atoms with Crippen molar-refractivity contribution in [3.8, 4) is 17.2 Å². The minimum absolute atomic E-state index is 0. The van der Waals surface area contributed by atoms with E-state index < -0.39 is 0 Å². The lowest BCUT2D eigenvalue weighted by molar-refractivity contribution is -0.643. The van der Waals surface area contributed by atoms with Gasteiger partial charge in [-0.2, -0.15) is 0 Å². The van der Waals surface area contributed by atoms with Gasteiger partial charge in [0.05, 0.1) is 10.8 Å². The lowest BCUT2D eigenvalue weighted by Gasteiger charge is -2.04. The predicted octanol–water partition coefficient (Wildman–Crippen LogP) is -0.744. The summed E-state index contributed by atoms with van der Waals surface area (Å²) < 4.78 is 12.9. The van der Waals surface area contributed by atoms with Gasteiger partial charge in [0.2, 0.25) is 12.3 Å². The number of halogens is 1. The number of phenolic OH excluding ortho intramolecular Hbond substituents is 1. The molecule has 0 atom stereocenters. The summed E-state index contributed by atoms with van der Waals surface area (Å²) in [5.74, 6) is 1.79. The Labute approximate surface area is 121 Å². The number of aromatic nitrogens is 1. The van der Waals surface area contributed by atoms with E-state index in [-0.39, 0.29) is 24.9 Å². The van der Waals surface area contributed by atoms with Crippen LogP contribution in [-0.2, 0) is 7.05 Å². The number of ether oxygens (including phenoxy) is 2. The fraction of sp³-hybridized carbons (Fsp3) is 0.133. The summed E-state index contributed by atoms with van der Waals surface area (Å²) in [5, 5.41) is 12.8. The molecule has 0 amide bonds. The fourth-order valence-corrected chi connectivity index (χ4v) is 2.62. The quantitative estimate of drug-likeness (QED) is 0.438. The Morgan fingerprint density at radius 1 is 1.05 bits per heavy atom. The predicted molar refractivity (Wildman–Crippen MR) is 70.4 cm³/mol. The first-order chi connectivity index (χ1) is 9.22. The molecule has 0 aliphatic carbocycles. The summed E-state index contributed by atoms with van der Waals surface area (Å²) in [6.45, 7) is 0.265. The van der Waals surface area contributed by atoms with Crippen LogP contribution in [0.3, 0.4) is 0 Å². The summed E-state index contributed by atoms with van der Waals surface area (Å²) >= 11 is 0. The maximum atomic E-state index is 9.71. The number of fused-ring (bicyclic) bond motifs is 4. The Balaban J connectivity index is 0.00000121. The minimum Gasteiger partial charge on any atom is -1.00 e. The molecule has 2 heterocycles. The molecule has 5 heteroatoms. The maximum Gasteiger partial charge on any atom is 0.231 e. The third-order valence-electron chi connectivity index (χ3n) is 3.53. The van der Waals surface area contributed by atoms with E-state index >= 15 is 0 Å². The molecule has 1 aliphatic heterocycles. The van der Waals surface area contributed by atoms with Crippen LogP contribution in [-0.4, -0.2) is 11.9 Å². The first-order valence-corrected chi connectivity index (χ1v) is 6.07. The van der Waals surface area contributed by atoms with E-state index in [1.807, 2.05) is 29.8 Å². The topological polar surface area (TPSA) is 42.6 Å². The van der Waals surface area contributed by atoms with E-state index in [1.165, 1.54) is 0 Å². The number of hydrogen-bond donors (Lipinski definition) is 1. The summed E-state index contributed by atoms with van der Waals surface area (Å²) in [7, 11) is 1.99. The molecule has 0 spiro atoms. The number of aryl methyl sites for hydroxylation is 1. The van der Waals surface area contributed by atoms with Crippen molar-refractivity contribution in [2.45, 2.75) is 0 Å². The van der Waals surface area contributed by atoms with E-state index in [9.17, 15) is 5.11 Å². The van der Waals surface area contributed by atoms with E-state index in [0.717, 1.165) is 33.2 Å². The van der Waals surface area contributed by atoms with Gasteiger partial charge < -0.3 is 27.0 Å². The van der Waals surface area contributed by atoms with Crippen LogP contribution < -0.4 is 26.4 Å². The van der Waals surface area contributed by atoms with Gasteiger partial charge in [-0.25, -0.2) is 4.57 Å². The molecule has 1 N–H and O–H groups in total. The molecule has 4 rings (SSSR count). The number of pyridine rings is 1. The molecule has 0 bridgehead atoms. The average molecular weight is 290 g/mol. The first kappa shape index (κ1) is 12.8. The van der Waals surface area contributed by atoms with Gasteiger partial charge in [0.1, 0.15) is 12.8 Å². The molecule has 4 nitrogen and oxygen atoms in total. The van der Waals surface area contributed by atoms with Crippen LogP contribution in [0, 0.1) is 0 Å². The third kappa shape index (κ3) is 1.72. The van der Waals surface area contributed by atoms with Crippen molar-refractivity contribution in [2.24, 2.45) is 7.05 Å². The lowest BCUT2D eigenvalue weighted by atomic mass is 10.1. The third-order valence-corrected chi connectivity index (χ3v) is 3.53. The van der Waals surface area contributed by atoms with Gasteiger partial charge >= 0.3 is 0 Å². The van der Waals surface area contributed by atoms with Gasteiger partial charge in [0.15, 0.2) is 17.7 Å². The second-order valence-electron chi connectivity index (χ2n) is 4.73. The molecule has 20 heavy (non-hydrogen) atoms. The molecule has 1 aliphatic rings. The standard InChI is InChI=1S/C15H11NO3.ClH/c1-16-7-9-4-14-15(19-8-18-14)6-11(9)12-5-10(17)2-3-13(12)16;/h2-7H,8H2,1H3;1H. The first-order valence-electron chi connectivity index (χ1n) is 6.07. The van der Waals surface area contributed by atoms with E-state index in [2.05, 4.69) is 6.20 Å².